The SMILES string of the molecule is CC(=O)CCSc1ccc(C(F)(F)F)cn1. The van der Waals surface area contributed by atoms with Crippen molar-refractivity contribution in [1.29, 1.82) is 0 Å². The van der Waals surface area contributed by atoms with E-state index in [4.69, 9.17) is 0 Å². The molecular weight excluding hydrogens is 239 g/mol. The fourth-order valence-corrected chi connectivity index (χ4v) is 1.82. The molecule has 0 aliphatic rings. The van der Waals surface area contributed by atoms with E-state index in [1.807, 2.05) is 0 Å². The van der Waals surface area contributed by atoms with E-state index in [1.165, 1.54) is 24.8 Å². The average molecular weight is 249 g/mol. The number of pyridine rings is 1. The van der Waals surface area contributed by atoms with Gasteiger partial charge in [0.25, 0.3) is 0 Å². The Kier molecular flexibility index (Phi) is 4.35. The van der Waals surface area contributed by atoms with E-state index in [1.54, 1.807) is 0 Å². The first-order valence-electron chi connectivity index (χ1n) is 4.55. The largest absolute Gasteiger partial charge is 0.417 e. The lowest BCUT2D eigenvalue weighted by Crippen LogP contribution is -2.05. The number of aromatic nitrogens is 1. The fourth-order valence-electron chi connectivity index (χ4n) is 0.933. The second-order valence-corrected chi connectivity index (χ2v) is 4.30. The third-order valence-electron chi connectivity index (χ3n) is 1.77. The average Bonchev–Trinajstić information content (AvgIpc) is 2.16. The number of alkyl halides is 3. The number of hydrogen-bond acceptors (Lipinski definition) is 3. The summed E-state index contributed by atoms with van der Waals surface area (Å²) in [5, 5.41) is 0.495. The lowest BCUT2D eigenvalue weighted by molar-refractivity contribution is -0.137. The number of halogens is 3. The molecule has 0 amide bonds. The van der Waals surface area contributed by atoms with Crippen molar-refractivity contribution >= 4 is 17.5 Å². The van der Waals surface area contributed by atoms with Gasteiger partial charge in [0.05, 0.1) is 10.6 Å². The van der Waals surface area contributed by atoms with Crippen LogP contribution in [-0.4, -0.2) is 16.5 Å². The molecule has 2 nitrogen and oxygen atoms in total. The first kappa shape index (κ1) is 13.0. The third kappa shape index (κ3) is 4.22. The lowest BCUT2D eigenvalue weighted by Gasteiger charge is -2.06. The third-order valence-corrected chi connectivity index (χ3v) is 2.71. The molecule has 0 fully saturated rings. The number of carbonyl (C=O) groups is 1. The molecule has 0 aliphatic carbocycles. The first-order valence-corrected chi connectivity index (χ1v) is 5.53. The zero-order valence-corrected chi connectivity index (χ0v) is 9.36. The summed E-state index contributed by atoms with van der Waals surface area (Å²) in [4.78, 5) is 14.3. The molecule has 0 aliphatic heterocycles. The van der Waals surface area contributed by atoms with Crippen LogP contribution in [-0.2, 0) is 11.0 Å². The Hall–Kier alpha value is -1.04. The summed E-state index contributed by atoms with van der Waals surface area (Å²) < 4.78 is 36.6. The number of nitrogens with zero attached hydrogens (tertiary/aromatic N) is 1. The number of ketones is 1. The highest BCUT2D eigenvalue weighted by Crippen LogP contribution is 2.29. The van der Waals surface area contributed by atoms with Crippen LogP contribution in [0.4, 0.5) is 13.2 Å². The predicted octanol–water partition coefficient (Wildman–Crippen LogP) is 3.17. The molecule has 16 heavy (non-hydrogen) atoms. The Morgan fingerprint density at radius 3 is 2.56 bits per heavy atom. The Morgan fingerprint density at radius 1 is 1.44 bits per heavy atom. The van der Waals surface area contributed by atoms with Crippen molar-refractivity contribution in [3.8, 4) is 0 Å². The van der Waals surface area contributed by atoms with Gasteiger partial charge in [-0.15, -0.1) is 11.8 Å². The number of rotatable bonds is 4. The van der Waals surface area contributed by atoms with E-state index in [-0.39, 0.29) is 5.78 Å². The highest BCUT2D eigenvalue weighted by Gasteiger charge is 2.30. The summed E-state index contributed by atoms with van der Waals surface area (Å²) in [5.41, 5.74) is -0.761. The second kappa shape index (κ2) is 5.34. The zero-order chi connectivity index (χ0) is 12.2. The van der Waals surface area contributed by atoms with E-state index < -0.39 is 11.7 Å². The highest BCUT2D eigenvalue weighted by molar-refractivity contribution is 7.99. The van der Waals surface area contributed by atoms with Gasteiger partial charge >= 0.3 is 6.18 Å². The van der Waals surface area contributed by atoms with Crippen molar-refractivity contribution in [2.75, 3.05) is 5.75 Å². The highest BCUT2D eigenvalue weighted by atomic mass is 32.2. The Morgan fingerprint density at radius 2 is 2.12 bits per heavy atom. The molecule has 1 aromatic rings. The molecule has 1 heterocycles. The van der Waals surface area contributed by atoms with Crippen LogP contribution in [0.3, 0.4) is 0 Å². The number of carbonyl (C=O) groups excluding carboxylic acids is 1. The summed E-state index contributed by atoms with van der Waals surface area (Å²) in [7, 11) is 0. The molecular formula is C10H10F3NOS. The van der Waals surface area contributed by atoms with Gasteiger partial charge in [-0.25, -0.2) is 4.98 Å². The van der Waals surface area contributed by atoms with Gasteiger partial charge in [0.15, 0.2) is 0 Å². The quantitative estimate of drug-likeness (QED) is 0.768. The van der Waals surface area contributed by atoms with Gasteiger partial charge in [0.1, 0.15) is 5.78 Å². The first-order chi connectivity index (χ1) is 7.39. The van der Waals surface area contributed by atoms with Gasteiger partial charge in [0.2, 0.25) is 0 Å². The van der Waals surface area contributed by atoms with Crippen molar-refractivity contribution in [1.82, 2.24) is 4.98 Å². The van der Waals surface area contributed by atoms with Crippen LogP contribution in [0.5, 0.6) is 0 Å². The molecule has 1 rings (SSSR count). The van der Waals surface area contributed by atoms with E-state index in [2.05, 4.69) is 4.98 Å². The molecule has 0 N–H and O–H groups in total. The lowest BCUT2D eigenvalue weighted by atomic mass is 10.3. The maximum absolute atomic E-state index is 12.2. The Bertz CT molecular complexity index is 361. The molecule has 0 bridgehead atoms. The van der Waals surface area contributed by atoms with Crippen LogP contribution in [0.2, 0.25) is 0 Å². The standard InChI is InChI=1S/C10H10F3NOS/c1-7(15)4-5-16-9-3-2-8(6-14-9)10(11,12)13/h2-3,6H,4-5H2,1H3. The minimum Gasteiger partial charge on any atom is -0.300 e. The van der Waals surface area contributed by atoms with E-state index >= 15 is 0 Å². The van der Waals surface area contributed by atoms with E-state index in [0.29, 0.717) is 17.2 Å². The van der Waals surface area contributed by atoms with Crippen molar-refractivity contribution in [2.45, 2.75) is 24.5 Å². The number of hydrogen-bond donors (Lipinski definition) is 0. The van der Waals surface area contributed by atoms with Gasteiger partial charge < -0.3 is 0 Å². The van der Waals surface area contributed by atoms with Crippen LogP contribution in [0.15, 0.2) is 23.4 Å². The molecule has 1 aromatic heterocycles. The van der Waals surface area contributed by atoms with Crippen LogP contribution in [0.1, 0.15) is 18.9 Å². The molecule has 0 atom stereocenters. The monoisotopic (exact) mass is 249 g/mol. The van der Waals surface area contributed by atoms with Crippen molar-refractivity contribution in [3.63, 3.8) is 0 Å². The smallest absolute Gasteiger partial charge is 0.300 e. The summed E-state index contributed by atoms with van der Waals surface area (Å²) in [6.45, 7) is 1.47. The molecule has 0 saturated carbocycles. The Balaban J connectivity index is 2.55. The van der Waals surface area contributed by atoms with Crippen molar-refractivity contribution < 1.29 is 18.0 Å². The number of thioether (sulfide) groups is 1. The van der Waals surface area contributed by atoms with Gasteiger partial charge in [-0.2, -0.15) is 13.2 Å². The maximum Gasteiger partial charge on any atom is 0.417 e. The zero-order valence-electron chi connectivity index (χ0n) is 8.54. The molecule has 6 heteroatoms. The molecule has 0 spiro atoms. The van der Waals surface area contributed by atoms with Gasteiger partial charge in [-0.3, -0.25) is 4.79 Å². The van der Waals surface area contributed by atoms with E-state index in [9.17, 15) is 18.0 Å². The minimum atomic E-state index is -4.35. The van der Waals surface area contributed by atoms with E-state index in [0.717, 1.165) is 12.3 Å². The molecule has 0 radical (unpaired) electrons. The molecule has 88 valence electrons. The van der Waals surface area contributed by atoms with Crippen molar-refractivity contribution in [2.24, 2.45) is 0 Å². The van der Waals surface area contributed by atoms with Crippen LogP contribution in [0, 0.1) is 0 Å². The van der Waals surface area contributed by atoms with Crippen molar-refractivity contribution in [3.05, 3.63) is 23.9 Å². The predicted molar refractivity (Wildman–Crippen MR) is 55.3 cm³/mol. The Labute approximate surface area is 95.3 Å². The molecule has 0 aromatic carbocycles. The van der Waals surface area contributed by atoms with Gasteiger partial charge in [-0.1, -0.05) is 0 Å². The van der Waals surface area contributed by atoms with Crippen LogP contribution >= 0.6 is 11.8 Å². The maximum atomic E-state index is 12.2. The van der Waals surface area contributed by atoms with Gasteiger partial charge in [0, 0.05) is 18.4 Å². The molecule has 0 saturated heterocycles. The number of Topliss-reactive ketones (excluding diaryl/α,β-unsaturated/α-hetero) is 1. The van der Waals surface area contributed by atoms with Crippen LogP contribution in [0.25, 0.3) is 0 Å². The summed E-state index contributed by atoms with van der Waals surface area (Å²) >= 11 is 1.27. The van der Waals surface area contributed by atoms with Crippen LogP contribution < -0.4 is 0 Å². The minimum absolute atomic E-state index is 0.0550. The normalized spacial score (nSPS) is 11.5. The van der Waals surface area contributed by atoms with Gasteiger partial charge in [-0.05, 0) is 19.1 Å². The second-order valence-electron chi connectivity index (χ2n) is 3.18. The summed E-state index contributed by atoms with van der Waals surface area (Å²) in [6, 6.07) is 2.30. The fraction of sp³-hybridized carbons (Fsp3) is 0.400. The summed E-state index contributed by atoms with van der Waals surface area (Å²) in [5.74, 6) is 0.590. The molecule has 0 unspecified atom stereocenters. The topological polar surface area (TPSA) is 30.0 Å². The summed E-state index contributed by atoms with van der Waals surface area (Å²) in [6.07, 6.45) is -3.15.